The van der Waals surface area contributed by atoms with Crippen LogP contribution in [-0.4, -0.2) is 48.1 Å². The number of rotatable bonds is 2. The van der Waals surface area contributed by atoms with E-state index in [1.165, 1.54) is 0 Å². The summed E-state index contributed by atoms with van der Waals surface area (Å²) in [5, 5.41) is 4.05. The Morgan fingerprint density at radius 2 is 2.08 bits per heavy atom. The Morgan fingerprint density at radius 1 is 1.21 bits per heavy atom. The summed E-state index contributed by atoms with van der Waals surface area (Å²) in [6, 6.07) is 8.00. The van der Waals surface area contributed by atoms with Gasteiger partial charge in [-0.25, -0.2) is 0 Å². The van der Waals surface area contributed by atoms with Crippen LogP contribution in [0, 0.1) is 12.8 Å². The fourth-order valence-corrected chi connectivity index (χ4v) is 3.57. The fourth-order valence-electron chi connectivity index (χ4n) is 3.57. The molecule has 24 heavy (non-hydrogen) atoms. The summed E-state index contributed by atoms with van der Waals surface area (Å²) in [5.74, 6) is -0.109. The maximum atomic E-state index is 12.4. The van der Waals surface area contributed by atoms with Crippen molar-refractivity contribution in [2.24, 2.45) is 5.92 Å². The molecular formula is C18H21N3O3. The minimum Gasteiger partial charge on any atom is -0.378 e. The minimum absolute atomic E-state index is 0.00723. The van der Waals surface area contributed by atoms with Crippen LogP contribution in [0.4, 0.5) is 0 Å². The van der Waals surface area contributed by atoms with Crippen LogP contribution < -0.4 is 10.9 Å². The second-order valence-corrected chi connectivity index (χ2v) is 6.85. The lowest BCUT2D eigenvalue weighted by atomic mass is 10.1. The molecule has 126 valence electrons. The molecule has 2 fully saturated rings. The summed E-state index contributed by atoms with van der Waals surface area (Å²) < 4.78 is 5.55. The largest absolute Gasteiger partial charge is 0.378 e. The second kappa shape index (κ2) is 6.03. The molecule has 0 spiro atoms. The Morgan fingerprint density at radius 3 is 2.96 bits per heavy atom. The van der Waals surface area contributed by atoms with Gasteiger partial charge in [-0.1, -0.05) is 12.1 Å². The first-order valence-corrected chi connectivity index (χ1v) is 8.31. The quantitative estimate of drug-likeness (QED) is 0.855. The summed E-state index contributed by atoms with van der Waals surface area (Å²) in [6.45, 7) is 4.86. The molecule has 2 aromatic rings. The number of aryl methyl sites for hydroxylation is 1. The fraction of sp³-hybridized carbons (Fsp3) is 0.444. The average molecular weight is 327 g/mol. The van der Waals surface area contributed by atoms with Crippen molar-refractivity contribution >= 4 is 16.8 Å². The van der Waals surface area contributed by atoms with Crippen LogP contribution in [0.15, 0.2) is 29.1 Å². The third-order valence-electron chi connectivity index (χ3n) is 4.78. The van der Waals surface area contributed by atoms with Crippen molar-refractivity contribution in [3.63, 3.8) is 0 Å². The van der Waals surface area contributed by atoms with E-state index in [9.17, 15) is 9.59 Å². The molecular weight excluding hydrogens is 306 g/mol. The third kappa shape index (κ3) is 2.95. The van der Waals surface area contributed by atoms with Crippen molar-refractivity contribution in [1.29, 1.82) is 0 Å². The molecule has 6 nitrogen and oxygen atoms in total. The number of H-pyrrole nitrogens is 1. The number of benzene rings is 1. The number of hydrogen-bond acceptors (Lipinski definition) is 4. The lowest BCUT2D eigenvalue weighted by Crippen LogP contribution is -2.42. The first kappa shape index (κ1) is 15.4. The predicted molar refractivity (Wildman–Crippen MR) is 90.8 cm³/mol. The molecule has 6 heteroatoms. The monoisotopic (exact) mass is 327 g/mol. The molecule has 2 aliphatic heterocycles. The van der Waals surface area contributed by atoms with Gasteiger partial charge in [0.05, 0.1) is 25.2 Å². The number of amides is 1. The molecule has 0 aliphatic carbocycles. The van der Waals surface area contributed by atoms with Crippen LogP contribution in [0.25, 0.3) is 10.9 Å². The van der Waals surface area contributed by atoms with Crippen molar-refractivity contribution in [3.05, 3.63) is 45.7 Å². The zero-order chi connectivity index (χ0) is 16.7. The second-order valence-electron chi connectivity index (χ2n) is 6.85. The average Bonchev–Trinajstić information content (AvgIpc) is 2.77. The molecule has 3 heterocycles. The highest BCUT2D eigenvalue weighted by Crippen LogP contribution is 2.17. The van der Waals surface area contributed by atoms with Gasteiger partial charge in [0.25, 0.3) is 5.56 Å². The van der Waals surface area contributed by atoms with Crippen molar-refractivity contribution in [2.45, 2.75) is 19.5 Å². The number of nitrogens with zero attached hydrogens (tertiary/aromatic N) is 1. The minimum atomic E-state index is -0.167. The summed E-state index contributed by atoms with van der Waals surface area (Å²) >= 11 is 0. The van der Waals surface area contributed by atoms with Gasteiger partial charge in [0.2, 0.25) is 5.91 Å². The van der Waals surface area contributed by atoms with E-state index in [-0.39, 0.29) is 23.4 Å². The number of aromatic amines is 1. The number of aromatic nitrogens is 1. The summed E-state index contributed by atoms with van der Waals surface area (Å²) in [6.07, 6.45) is 0. The molecule has 2 aliphatic rings. The van der Waals surface area contributed by atoms with Gasteiger partial charge in [-0.2, -0.15) is 0 Å². The molecule has 2 bridgehead atoms. The van der Waals surface area contributed by atoms with Crippen LogP contribution in [0.1, 0.15) is 11.1 Å². The molecule has 2 saturated heterocycles. The van der Waals surface area contributed by atoms with E-state index < -0.39 is 0 Å². The van der Waals surface area contributed by atoms with Crippen LogP contribution in [0.5, 0.6) is 0 Å². The molecule has 2 atom stereocenters. The summed E-state index contributed by atoms with van der Waals surface area (Å²) in [4.78, 5) is 29.7. The summed E-state index contributed by atoms with van der Waals surface area (Å²) in [7, 11) is 0. The Hall–Kier alpha value is -2.18. The van der Waals surface area contributed by atoms with Crippen LogP contribution in [0.3, 0.4) is 0 Å². The van der Waals surface area contributed by atoms with Crippen LogP contribution in [0.2, 0.25) is 0 Å². The van der Waals surface area contributed by atoms with Gasteiger partial charge in [-0.15, -0.1) is 0 Å². The van der Waals surface area contributed by atoms with Crippen LogP contribution in [-0.2, 0) is 16.1 Å². The normalized spacial score (nSPS) is 24.6. The molecule has 0 saturated carbocycles. The predicted octanol–water partition coefficient (Wildman–Crippen LogP) is 0.783. The highest BCUT2D eigenvalue weighted by Gasteiger charge is 2.33. The summed E-state index contributed by atoms with van der Waals surface area (Å²) in [5.41, 5.74) is 2.66. The van der Waals surface area contributed by atoms with Gasteiger partial charge in [-0.05, 0) is 30.0 Å². The molecule has 0 radical (unpaired) electrons. The first-order valence-electron chi connectivity index (χ1n) is 8.31. The molecule has 1 aromatic heterocycles. The van der Waals surface area contributed by atoms with E-state index in [2.05, 4.69) is 15.2 Å². The van der Waals surface area contributed by atoms with E-state index in [0.717, 1.165) is 22.0 Å². The highest BCUT2D eigenvalue weighted by molar-refractivity contribution is 5.80. The van der Waals surface area contributed by atoms with Crippen molar-refractivity contribution in [3.8, 4) is 0 Å². The number of pyridine rings is 1. The molecule has 2 N–H and O–H groups in total. The lowest BCUT2D eigenvalue weighted by molar-refractivity contribution is -0.125. The van der Waals surface area contributed by atoms with Gasteiger partial charge in [-0.3, -0.25) is 14.5 Å². The Labute approximate surface area is 139 Å². The SMILES string of the molecule is Cc1ccc2cc(CN3C[C@H]4COC[C@@H](C3)C(=O)N4)c(=O)[nH]c2c1. The Kier molecular flexibility index (Phi) is 3.86. The number of fused-ring (bicyclic) bond motifs is 4. The topological polar surface area (TPSA) is 74.4 Å². The van der Waals surface area contributed by atoms with Gasteiger partial charge >= 0.3 is 0 Å². The standard InChI is InChI=1S/C18H21N3O3/c1-11-2-3-12-5-13(17(22)20-16(12)4-11)6-21-7-14-9-24-10-15(8-21)19-18(14)23/h2-5,14-15H,6-10H2,1H3,(H,19,23)(H,20,22)/t14-,15+/m1/s1. The number of carbonyl (C=O) groups excluding carboxylic acids is 1. The lowest BCUT2D eigenvalue weighted by Gasteiger charge is -2.27. The van der Waals surface area contributed by atoms with E-state index in [4.69, 9.17) is 4.74 Å². The Bertz CT molecular complexity index is 845. The number of ether oxygens (including phenoxy) is 1. The number of carbonyl (C=O) groups is 1. The Balaban J connectivity index is 1.62. The molecule has 0 unspecified atom stereocenters. The van der Waals surface area contributed by atoms with E-state index >= 15 is 0 Å². The smallest absolute Gasteiger partial charge is 0.252 e. The van der Waals surface area contributed by atoms with Crippen LogP contribution >= 0.6 is 0 Å². The third-order valence-corrected chi connectivity index (χ3v) is 4.78. The van der Waals surface area contributed by atoms with Gasteiger partial charge in [0, 0.05) is 30.7 Å². The van der Waals surface area contributed by atoms with Gasteiger partial charge in [0.15, 0.2) is 0 Å². The van der Waals surface area contributed by atoms with Crippen molar-refractivity contribution in [2.75, 3.05) is 26.3 Å². The van der Waals surface area contributed by atoms with E-state index in [1.807, 2.05) is 31.2 Å². The molecule has 1 amide bonds. The maximum Gasteiger partial charge on any atom is 0.252 e. The van der Waals surface area contributed by atoms with E-state index in [1.54, 1.807) is 0 Å². The highest BCUT2D eigenvalue weighted by atomic mass is 16.5. The molecule has 1 aromatic carbocycles. The van der Waals surface area contributed by atoms with Crippen molar-refractivity contribution in [1.82, 2.24) is 15.2 Å². The van der Waals surface area contributed by atoms with Crippen molar-refractivity contribution < 1.29 is 9.53 Å². The van der Waals surface area contributed by atoms with E-state index in [0.29, 0.717) is 32.8 Å². The number of hydrogen-bond donors (Lipinski definition) is 2. The van der Waals surface area contributed by atoms with Gasteiger partial charge < -0.3 is 15.0 Å². The first-order chi connectivity index (χ1) is 11.6. The maximum absolute atomic E-state index is 12.4. The number of nitrogens with one attached hydrogen (secondary N) is 2. The zero-order valence-corrected chi connectivity index (χ0v) is 13.7. The molecule has 4 rings (SSSR count). The zero-order valence-electron chi connectivity index (χ0n) is 13.7. The van der Waals surface area contributed by atoms with Gasteiger partial charge in [0.1, 0.15) is 0 Å².